The number of thioether (sulfide) groups is 1. The molecule has 0 amide bonds. The lowest BCUT2D eigenvalue weighted by molar-refractivity contribution is 0.282. The average molecular weight is 483 g/mol. The van der Waals surface area contributed by atoms with Gasteiger partial charge in [-0.25, -0.2) is 4.98 Å². The summed E-state index contributed by atoms with van der Waals surface area (Å²) in [6.45, 7) is 2.54. The summed E-state index contributed by atoms with van der Waals surface area (Å²) in [7, 11) is 0. The maximum absolute atomic E-state index is 14.4. The molecular weight excluding hydrogens is 452 g/mol. The van der Waals surface area contributed by atoms with E-state index in [1.54, 1.807) is 18.0 Å². The molecule has 0 bridgehead atoms. The van der Waals surface area contributed by atoms with Crippen LogP contribution in [0.15, 0.2) is 81.3 Å². The van der Waals surface area contributed by atoms with Crippen molar-refractivity contribution < 1.29 is 4.42 Å². The molecule has 5 heteroatoms. The van der Waals surface area contributed by atoms with E-state index in [0.717, 1.165) is 52.8 Å². The van der Waals surface area contributed by atoms with Crippen LogP contribution >= 0.6 is 11.8 Å². The van der Waals surface area contributed by atoms with E-state index in [1.165, 1.54) is 36.0 Å². The van der Waals surface area contributed by atoms with E-state index >= 15 is 0 Å². The van der Waals surface area contributed by atoms with E-state index in [1.807, 2.05) is 16.7 Å². The summed E-state index contributed by atoms with van der Waals surface area (Å²) in [5.41, 5.74) is 6.80. The maximum Gasteiger partial charge on any atom is 0.258 e. The Labute approximate surface area is 210 Å². The molecule has 2 aliphatic rings. The predicted octanol–water partition coefficient (Wildman–Crippen LogP) is 6.91. The summed E-state index contributed by atoms with van der Waals surface area (Å²) < 4.78 is 7.54. The fraction of sp³-hybridized carbons (Fsp3) is 0.333. The number of hydrogen-bond donors (Lipinski definition) is 0. The normalized spacial score (nSPS) is 16.1. The molecule has 4 nitrogen and oxygen atoms in total. The zero-order chi connectivity index (χ0) is 23.8. The summed E-state index contributed by atoms with van der Waals surface area (Å²) in [6, 6.07) is 20.8. The van der Waals surface area contributed by atoms with Crippen molar-refractivity contribution in [2.75, 3.05) is 0 Å². The van der Waals surface area contributed by atoms with Gasteiger partial charge in [0.15, 0.2) is 5.16 Å². The summed E-state index contributed by atoms with van der Waals surface area (Å²) in [4.78, 5) is 19.7. The van der Waals surface area contributed by atoms with Crippen molar-refractivity contribution in [1.82, 2.24) is 9.55 Å². The number of aromatic nitrogens is 2. The Bertz CT molecular complexity index is 1410. The van der Waals surface area contributed by atoms with Gasteiger partial charge in [-0.1, -0.05) is 79.6 Å². The molecule has 0 radical (unpaired) electrons. The van der Waals surface area contributed by atoms with Crippen LogP contribution in [-0.2, 0) is 24.1 Å². The van der Waals surface area contributed by atoms with E-state index in [2.05, 4.69) is 55.5 Å². The highest BCUT2D eigenvalue weighted by Crippen LogP contribution is 2.49. The largest absolute Gasteiger partial charge is 0.467 e. The lowest BCUT2D eigenvalue weighted by atomic mass is 9.62. The minimum absolute atomic E-state index is 0.107. The molecular formula is C30H30N2O2S. The fourth-order valence-corrected chi connectivity index (χ4v) is 7.01. The van der Waals surface area contributed by atoms with Gasteiger partial charge < -0.3 is 4.42 Å². The lowest BCUT2D eigenvalue weighted by Crippen LogP contribution is -2.43. The number of hydrogen-bond acceptors (Lipinski definition) is 4. The lowest BCUT2D eigenvalue weighted by Gasteiger charge is -2.42. The van der Waals surface area contributed by atoms with Crippen LogP contribution in [0.1, 0.15) is 60.1 Å². The van der Waals surface area contributed by atoms with Crippen LogP contribution < -0.4 is 5.56 Å². The second-order valence-corrected chi connectivity index (χ2v) is 10.9. The molecule has 35 heavy (non-hydrogen) atoms. The molecule has 6 rings (SSSR count). The highest BCUT2D eigenvalue weighted by atomic mass is 32.2. The van der Waals surface area contributed by atoms with Gasteiger partial charge in [-0.05, 0) is 55.0 Å². The number of fused-ring (bicyclic) bond motifs is 4. The first kappa shape index (κ1) is 22.4. The number of benzene rings is 2. The van der Waals surface area contributed by atoms with Gasteiger partial charge in [0.2, 0.25) is 0 Å². The van der Waals surface area contributed by atoms with Crippen LogP contribution in [0.2, 0.25) is 0 Å². The van der Waals surface area contributed by atoms with Crippen molar-refractivity contribution >= 4 is 11.8 Å². The smallest absolute Gasteiger partial charge is 0.258 e. The Balaban J connectivity index is 1.53. The second kappa shape index (κ2) is 9.19. The molecule has 1 fully saturated rings. The Hall–Kier alpha value is -3.05. The van der Waals surface area contributed by atoms with Crippen LogP contribution in [0.5, 0.6) is 0 Å². The van der Waals surface area contributed by atoms with Crippen LogP contribution in [0.25, 0.3) is 11.3 Å². The molecule has 1 spiro atoms. The van der Waals surface area contributed by atoms with Crippen LogP contribution in [0, 0.1) is 6.92 Å². The zero-order valence-corrected chi connectivity index (χ0v) is 20.9. The number of nitrogens with zero attached hydrogens (tertiary/aromatic N) is 2. The molecule has 2 heterocycles. The third kappa shape index (κ3) is 4.06. The van der Waals surface area contributed by atoms with Gasteiger partial charge in [0.25, 0.3) is 5.56 Å². The van der Waals surface area contributed by atoms with Crippen molar-refractivity contribution in [2.45, 2.75) is 68.3 Å². The van der Waals surface area contributed by atoms with Crippen molar-refractivity contribution in [2.24, 2.45) is 0 Å². The van der Waals surface area contributed by atoms with Crippen LogP contribution in [0.3, 0.4) is 0 Å². The standard InChI is InChI=1S/C30H30N2O2S/c1-21-10-3-4-12-23(21)20-35-29-31-27-25-14-6-5-11-22(25)18-30(15-7-2-8-16-30)26(27)28(33)32(29)19-24-13-9-17-34-24/h3-6,9-14,17H,2,7-8,15-16,18-20H2,1H3. The Morgan fingerprint density at radius 3 is 2.60 bits per heavy atom. The molecule has 4 aromatic rings. The molecule has 1 saturated carbocycles. The van der Waals surface area contributed by atoms with E-state index in [-0.39, 0.29) is 11.0 Å². The molecule has 0 atom stereocenters. The van der Waals surface area contributed by atoms with Crippen molar-refractivity contribution in [1.29, 1.82) is 0 Å². The van der Waals surface area contributed by atoms with Gasteiger partial charge in [-0.2, -0.15) is 0 Å². The summed E-state index contributed by atoms with van der Waals surface area (Å²) in [5.74, 6) is 1.54. The molecule has 0 unspecified atom stereocenters. The monoisotopic (exact) mass is 482 g/mol. The van der Waals surface area contributed by atoms with Crippen molar-refractivity contribution in [3.05, 3.63) is 105 Å². The zero-order valence-electron chi connectivity index (χ0n) is 20.1. The molecule has 2 aromatic heterocycles. The molecule has 2 aliphatic carbocycles. The number of rotatable bonds is 5. The molecule has 0 saturated heterocycles. The maximum atomic E-state index is 14.4. The Kier molecular flexibility index (Phi) is 5.89. The second-order valence-electron chi connectivity index (χ2n) is 9.98. The van der Waals surface area contributed by atoms with E-state index in [9.17, 15) is 4.79 Å². The third-order valence-corrected chi connectivity index (χ3v) is 8.81. The Morgan fingerprint density at radius 1 is 1.00 bits per heavy atom. The van der Waals surface area contributed by atoms with Crippen LogP contribution in [0.4, 0.5) is 0 Å². The van der Waals surface area contributed by atoms with E-state index in [4.69, 9.17) is 9.40 Å². The Morgan fingerprint density at radius 2 is 1.80 bits per heavy atom. The summed E-state index contributed by atoms with van der Waals surface area (Å²) in [5, 5.41) is 0.760. The predicted molar refractivity (Wildman–Crippen MR) is 141 cm³/mol. The van der Waals surface area contributed by atoms with Crippen LogP contribution in [-0.4, -0.2) is 9.55 Å². The van der Waals surface area contributed by atoms with Gasteiger partial charge in [-0.3, -0.25) is 9.36 Å². The van der Waals surface area contributed by atoms with Gasteiger partial charge in [-0.15, -0.1) is 0 Å². The van der Waals surface area contributed by atoms with Crippen molar-refractivity contribution in [3.8, 4) is 11.3 Å². The molecule has 0 N–H and O–H groups in total. The highest BCUT2D eigenvalue weighted by molar-refractivity contribution is 7.98. The van der Waals surface area contributed by atoms with E-state index < -0.39 is 0 Å². The average Bonchev–Trinajstić information content (AvgIpc) is 3.39. The minimum atomic E-state index is -0.115. The van der Waals surface area contributed by atoms with Crippen molar-refractivity contribution in [3.63, 3.8) is 0 Å². The van der Waals surface area contributed by atoms with Gasteiger partial charge in [0, 0.05) is 16.7 Å². The highest BCUT2D eigenvalue weighted by Gasteiger charge is 2.43. The van der Waals surface area contributed by atoms with Gasteiger partial charge >= 0.3 is 0 Å². The first-order valence-electron chi connectivity index (χ1n) is 12.6. The quantitative estimate of drug-likeness (QED) is 0.229. The first-order chi connectivity index (χ1) is 17.1. The van der Waals surface area contributed by atoms with Gasteiger partial charge in [0.1, 0.15) is 5.76 Å². The summed E-state index contributed by atoms with van der Waals surface area (Å²) in [6.07, 6.45) is 8.31. The fourth-order valence-electron chi connectivity index (χ4n) is 5.94. The molecule has 0 aliphatic heterocycles. The molecule has 178 valence electrons. The number of furan rings is 1. The SMILES string of the molecule is Cc1ccccc1CSc1nc2c(c(=O)n1Cc1ccco1)C1(CCCCC1)Cc1ccccc1-2. The summed E-state index contributed by atoms with van der Waals surface area (Å²) >= 11 is 1.64. The van der Waals surface area contributed by atoms with Gasteiger partial charge in [0.05, 0.1) is 24.1 Å². The van der Waals surface area contributed by atoms with E-state index in [0.29, 0.717) is 6.54 Å². The molecule has 2 aromatic carbocycles. The topological polar surface area (TPSA) is 48.0 Å². The third-order valence-electron chi connectivity index (χ3n) is 7.79. The number of aryl methyl sites for hydroxylation is 1. The minimum Gasteiger partial charge on any atom is -0.467 e. The first-order valence-corrected chi connectivity index (χ1v) is 13.6.